The van der Waals surface area contributed by atoms with Crippen LogP contribution in [0, 0.1) is 25.7 Å². The number of anilines is 1. The maximum atomic E-state index is 12.4. The van der Waals surface area contributed by atoms with E-state index in [2.05, 4.69) is 4.72 Å². The summed E-state index contributed by atoms with van der Waals surface area (Å²) in [7, 11) is -3.61. The predicted octanol–water partition coefficient (Wildman–Crippen LogP) is 1.57. The Morgan fingerprint density at radius 1 is 1.24 bits per heavy atom. The second-order valence-corrected chi connectivity index (χ2v) is 7.70. The summed E-state index contributed by atoms with van der Waals surface area (Å²) < 4.78 is 27.5. The number of nitrogen functional groups attached to an aromatic ring is 1. The normalized spacial score (nSPS) is 22.6. The lowest BCUT2D eigenvalue weighted by molar-refractivity contribution is 0.195. The van der Waals surface area contributed by atoms with Gasteiger partial charge in [-0.05, 0) is 61.8 Å². The van der Waals surface area contributed by atoms with Crippen LogP contribution in [0.15, 0.2) is 17.0 Å². The standard InChI is InChI=1S/C15H24N2O3S/c1-10-6-14(16)15(7-11(10)2)21(19,20)17-8-12-4-3-5-13(12)9-18/h6-7,12-13,17-18H,3-5,8-9,16H2,1-2H3. The van der Waals surface area contributed by atoms with Gasteiger partial charge in [0.15, 0.2) is 0 Å². The first-order valence-corrected chi connectivity index (χ1v) is 8.80. The number of aliphatic hydroxyl groups is 1. The number of nitrogens with two attached hydrogens (primary N) is 1. The van der Waals surface area contributed by atoms with Crippen molar-refractivity contribution in [2.24, 2.45) is 11.8 Å². The number of aryl methyl sites for hydroxylation is 2. The number of hydrogen-bond acceptors (Lipinski definition) is 4. The Morgan fingerprint density at radius 2 is 1.86 bits per heavy atom. The van der Waals surface area contributed by atoms with Crippen LogP contribution in [0.1, 0.15) is 30.4 Å². The lowest BCUT2D eigenvalue weighted by Crippen LogP contribution is -2.32. The molecule has 2 atom stereocenters. The third kappa shape index (κ3) is 3.56. The molecule has 4 N–H and O–H groups in total. The summed E-state index contributed by atoms with van der Waals surface area (Å²) in [6.07, 6.45) is 2.97. The van der Waals surface area contributed by atoms with Gasteiger partial charge in [0.2, 0.25) is 10.0 Å². The summed E-state index contributed by atoms with van der Waals surface area (Å²) in [5, 5.41) is 9.30. The van der Waals surface area contributed by atoms with Crippen molar-refractivity contribution in [3.63, 3.8) is 0 Å². The van der Waals surface area contributed by atoms with Crippen molar-refractivity contribution < 1.29 is 13.5 Å². The van der Waals surface area contributed by atoms with Crippen LogP contribution in [-0.4, -0.2) is 26.7 Å². The molecule has 0 bridgehead atoms. The molecular formula is C15H24N2O3S. The number of rotatable bonds is 5. The molecule has 0 amide bonds. The van der Waals surface area contributed by atoms with Crippen molar-refractivity contribution >= 4 is 15.7 Å². The van der Waals surface area contributed by atoms with Crippen LogP contribution < -0.4 is 10.5 Å². The van der Waals surface area contributed by atoms with Gasteiger partial charge in [-0.15, -0.1) is 0 Å². The molecule has 0 aromatic heterocycles. The molecule has 0 radical (unpaired) electrons. The van der Waals surface area contributed by atoms with Crippen molar-refractivity contribution in [1.82, 2.24) is 4.72 Å². The Bertz CT molecular complexity index is 614. The molecule has 0 heterocycles. The number of sulfonamides is 1. The fourth-order valence-electron chi connectivity index (χ4n) is 2.96. The summed E-state index contributed by atoms with van der Waals surface area (Å²) in [4.78, 5) is 0.143. The van der Waals surface area contributed by atoms with E-state index in [0.717, 1.165) is 30.4 Å². The van der Waals surface area contributed by atoms with Gasteiger partial charge >= 0.3 is 0 Å². The first-order valence-electron chi connectivity index (χ1n) is 7.32. The summed E-state index contributed by atoms with van der Waals surface area (Å²) in [5.74, 6) is 0.405. The van der Waals surface area contributed by atoms with Gasteiger partial charge in [-0.3, -0.25) is 0 Å². The lowest BCUT2D eigenvalue weighted by atomic mass is 9.97. The second kappa shape index (κ2) is 6.34. The molecule has 0 saturated heterocycles. The van der Waals surface area contributed by atoms with Gasteiger partial charge in [-0.25, -0.2) is 13.1 Å². The Kier molecular flexibility index (Phi) is 4.91. The SMILES string of the molecule is Cc1cc(N)c(S(=O)(=O)NCC2CCCC2CO)cc1C. The highest BCUT2D eigenvalue weighted by Gasteiger charge is 2.28. The van der Waals surface area contributed by atoms with Crippen molar-refractivity contribution in [2.45, 2.75) is 38.0 Å². The average Bonchev–Trinajstić information content (AvgIpc) is 2.88. The van der Waals surface area contributed by atoms with E-state index < -0.39 is 10.0 Å². The maximum Gasteiger partial charge on any atom is 0.242 e. The molecule has 1 aromatic rings. The molecule has 0 aliphatic heterocycles. The van der Waals surface area contributed by atoms with Gasteiger partial charge in [0.25, 0.3) is 0 Å². The molecule has 1 fully saturated rings. The van der Waals surface area contributed by atoms with E-state index in [4.69, 9.17) is 5.73 Å². The van der Waals surface area contributed by atoms with Gasteiger partial charge in [0, 0.05) is 13.2 Å². The largest absolute Gasteiger partial charge is 0.398 e. The van der Waals surface area contributed by atoms with Crippen molar-refractivity contribution in [2.75, 3.05) is 18.9 Å². The third-order valence-electron chi connectivity index (χ3n) is 4.50. The number of nitrogens with one attached hydrogen (secondary N) is 1. The molecule has 1 saturated carbocycles. The highest BCUT2D eigenvalue weighted by Crippen LogP contribution is 2.31. The van der Waals surface area contributed by atoms with E-state index in [0.29, 0.717) is 6.54 Å². The van der Waals surface area contributed by atoms with Crippen LogP contribution in [0.2, 0.25) is 0 Å². The van der Waals surface area contributed by atoms with E-state index in [1.165, 1.54) is 0 Å². The summed E-state index contributed by atoms with van der Waals surface area (Å²) >= 11 is 0. The zero-order chi connectivity index (χ0) is 15.6. The van der Waals surface area contributed by atoms with Gasteiger partial charge in [-0.1, -0.05) is 6.42 Å². The molecule has 2 rings (SSSR count). The number of hydrogen-bond donors (Lipinski definition) is 3. The molecule has 2 unspecified atom stereocenters. The fraction of sp³-hybridized carbons (Fsp3) is 0.600. The lowest BCUT2D eigenvalue weighted by Gasteiger charge is -2.18. The maximum absolute atomic E-state index is 12.4. The van der Waals surface area contributed by atoms with Gasteiger partial charge < -0.3 is 10.8 Å². The van der Waals surface area contributed by atoms with E-state index in [1.54, 1.807) is 12.1 Å². The molecule has 5 nitrogen and oxygen atoms in total. The van der Waals surface area contributed by atoms with E-state index in [9.17, 15) is 13.5 Å². The first-order chi connectivity index (χ1) is 9.85. The summed E-state index contributed by atoms with van der Waals surface area (Å²) in [6, 6.07) is 3.31. The molecule has 1 aliphatic rings. The summed E-state index contributed by atoms with van der Waals surface area (Å²) in [5.41, 5.74) is 8.00. The minimum atomic E-state index is -3.61. The average molecular weight is 312 g/mol. The molecular weight excluding hydrogens is 288 g/mol. The van der Waals surface area contributed by atoms with Crippen molar-refractivity contribution in [1.29, 1.82) is 0 Å². The number of benzene rings is 1. The molecule has 0 spiro atoms. The summed E-state index contributed by atoms with van der Waals surface area (Å²) in [6.45, 7) is 4.25. The molecule has 21 heavy (non-hydrogen) atoms. The molecule has 118 valence electrons. The van der Waals surface area contributed by atoms with E-state index in [1.807, 2.05) is 13.8 Å². The zero-order valence-electron chi connectivity index (χ0n) is 12.6. The van der Waals surface area contributed by atoms with Gasteiger partial charge in [0.1, 0.15) is 4.90 Å². The van der Waals surface area contributed by atoms with Crippen LogP contribution in [0.3, 0.4) is 0 Å². The fourth-order valence-corrected chi connectivity index (χ4v) is 4.25. The van der Waals surface area contributed by atoms with Crippen LogP contribution in [-0.2, 0) is 10.0 Å². The van der Waals surface area contributed by atoms with Crippen molar-refractivity contribution in [3.05, 3.63) is 23.3 Å². The smallest absolute Gasteiger partial charge is 0.242 e. The minimum absolute atomic E-state index is 0.123. The predicted molar refractivity (Wildman–Crippen MR) is 83.4 cm³/mol. The van der Waals surface area contributed by atoms with Crippen molar-refractivity contribution in [3.8, 4) is 0 Å². The Labute approximate surface area is 126 Å². The van der Waals surface area contributed by atoms with Crippen LogP contribution in [0.25, 0.3) is 0 Å². The Hall–Kier alpha value is -1.11. The minimum Gasteiger partial charge on any atom is -0.398 e. The topological polar surface area (TPSA) is 92.4 Å². The number of aliphatic hydroxyl groups excluding tert-OH is 1. The van der Waals surface area contributed by atoms with Crippen LogP contribution in [0.4, 0.5) is 5.69 Å². The quantitative estimate of drug-likeness (QED) is 0.720. The monoisotopic (exact) mass is 312 g/mol. The zero-order valence-corrected chi connectivity index (χ0v) is 13.4. The van der Waals surface area contributed by atoms with E-state index in [-0.39, 0.29) is 29.0 Å². The third-order valence-corrected chi connectivity index (χ3v) is 5.98. The van der Waals surface area contributed by atoms with Crippen LogP contribution >= 0.6 is 0 Å². The van der Waals surface area contributed by atoms with E-state index >= 15 is 0 Å². The van der Waals surface area contributed by atoms with Crippen LogP contribution in [0.5, 0.6) is 0 Å². The first kappa shape index (κ1) is 16.3. The second-order valence-electron chi connectivity index (χ2n) is 5.96. The molecule has 1 aromatic carbocycles. The van der Waals surface area contributed by atoms with Gasteiger partial charge in [0.05, 0.1) is 5.69 Å². The molecule has 6 heteroatoms. The Balaban J connectivity index is 2.14. The highest BCUT2D eigenvalue weighted by molar-refractivity contribution is 7.89. The van der Waals surface area contributed by atoms with Gasteiger partial charge in [-0.2, -0.15) is 0 Å². The Morgan fingerprint density at radius 3 is 2.52 bits per heavy atom. The molecule has 1 aliphatic carbocycles. The highest BCUT2D eigenvalue weighted by atomic mass is 32.2.